The van der Waals surface area contributed by atoms with Crippen LogP contribution in [0.5, 0.6) is 0 Å². The lowest BCUT2D eigenvalue weighted by Crippen LogP contribution is -2.02. The van der Waals surface area contributed by atoms with Crippen LogP contribution in [0.2, 0.25) is 0 Å². The van der Waals surface area contributed by atoms with Crippen LogP contribution in [0, 0.1) is 0 Å². The van der Waals surface area contributed by atoms with E-state index in [-0.39, 0.29) is 0 Å². The van der Waals surface area contributed by atoms with E-state index in [4.69, 9.17) is 5.73 Å². The molecule has 96 valence electrons. The highest BCUT2D eigenvalue weighted by Gasteiger charge is 2.23. The van der Waals surface area contributed by atoms with E-state index >= 15 is 0 Å². The molecule has 1 aliphatic carbocycles. The summed E-state index contributed by atoms with van der Waals surface area (Å²) in [5.74, 6) is 0.771. The Bertz CT molecular complexity index is 758. The van der Waals surface area contributed by atoms with Gasteiger partial charge in [-0.15, -0.1) is 21.5 Å². The van der Waals surface area contributed by atoms with Crippen LogP contribution in [0.15, 0.2) is 18.3 Å². The summed E-state index contributed by atoms with van der Waals surface area (Å²) in [6, 6.07) is 3.76. The molecule has 6 heteroatoms. The third-order valence-electron chi connectivity index (χ3n) is 3.60. The highest BCUT2D eigenvalue weighted by molar-refractivity contribution is 7.16. The van der Waals surface area contributed by atoms with Crippen LogP contribution in [-0.2, 0) is 12.8 Å². The van der Waals surface area contributed by atoms with E-state index < -0.39 is 0 Å². The number of hydrogen-bond donors (Lipinski definition) is 1. The fourth-order valence-electron chi connectivity index (χ4n) is 2.73. The number of aromatic nitrogens is 4. The van der Waals surface area contributed by atoms with E-state index in [9.17, 15) is 0 Å². The van der Waals surface area contributed by atoms with Crippen molar-refractivity contribution in [1.82, 2.24) is 19.8 Å². The predicted octanol–water partition coefficient (Wildman–Crippen LogP) is 2.31. The molecule has 0 fully saturated rings. The van der Waals surface area contributed by atoms with Crippen LogP contribution in [0.25, 0.3) is 17.0 Å². The number of anilines is 1. The van der Waals surface area contributed by atoms with Crippen LogP contribution < -0.4 is 5.73 Å². The second-order valence-electron chi connectivity index (χ2n) is 4.77. The Morgan fingerprint density at radius 3 is 3.05 bits per heavy atom. The minimum absolute atomic E-state index is 0.757. The zero-order valence-electron chi connectivity index (χ0n) is 10.3. The van der Waals surface area contributed by atoms with E-state index in [0.717, 1.165) is 34.9 Å². The maximum absolute atomic E-state index is 6.21. The van der Waals surface area contributed by atoms with Gasteiger partial charge >= 0.3 is 0 Å². The highest BCUT2D eigenvalue weighted by atomic mass is 32.1. The molecule has 4 rings (SSSR count). The molecule has 3 heterocycles. The Morgan fingerprint density at radius 2 is 2.11 bits per heavy atom. The zero-order chi connectivity index (χ0) is 12.8. The zero-order valence-corrected chi connectivity index (χ0v) is 11.2. The summed E-state index contributed by atoms with van der Waals surface area (Å²) in [6.45, 7) is 0. The lowest BCUT2D eigenvalue weighted by Gasteiger charge is -2.11. The first-order valence-corrected chi connectivity index (χ1v) is 7.23. The maximum Gasteiger partial charge on any atom is 0.188 e. The van der Waals surface area contributed by atoms with E-state index in [1.807, 2.05) is 12.1 Å². The van der Waals surface area contributed by atoms with Gasteiger partial charge in [-0.1, -0.05) is 0 Å². The summed E-state index contributed by atoms with van der Waals surface area (Å²) in [5, 5.41) is 13.6. The van der Waals surface area contributed by atoms with Gasteiger partial charge in [0.15, 0.2) is 11.5 Å². The molecule has 0 saturated heterocycles. The molecule has 0 aliphatic heterocycles. The summed E-state index contributed by atoms with van der Waals surface area (Å²) in [5.41, 5.74) is 9.37. The second kappa shape index (κ2) is 4.03. The largest absolute Gasteiger partial charge is 0.390 e. The highest BCUT2D eigenvalue weighted by Crippen LogP contribution is 2.41. The van der Waals surface area contributed by atoms with Crippen molar-refractivity contribution in [3.05, 3.63) is 28.8 Å². The number of thiophene rings is 1. The summed E-state index contributed by atoms with van der Waals surface area (Å²) in [4.78, 5) is 1.41. The first-order valence-electron chi connectivity index (χ1n) is 6.41. The van der Waals surface area contributed by atoms with Crippen molar-refractivity contribution in [2.75, 3.05) is 5.73 Å². The van der Waals surface area contributed by atoms with Crippen LogP contribution >= 0.6 is 11.3 Å². The molecule has 2 N–H and O–H groups in total. The normalized spacial score (nSPS) is 14.7. The predicted molar refractivity (Wildman–Crippen MR) is 75.1 cm³/mol. The SMILES string of the molecule is Nc1sc2c(c1-c1nnc3cccnn13)CCCC2. The molecule has 3 aromatic rings. The fourth-order valence-corrected chi connectivity index (χ4v) is 3.89. The third-order valence-corrected chi connectivity index (χ3v) is 4.72. The van der Waals surface area contributed by atoms with Crippen molar-refractivity contribution in [1.29, 1.82) is 0 Å². The molecule has 0 spiro atoms. The minimum Gasteiger partial charge on any atom is -0.390 e. The molecular formula is C13H13N5S. The molecule has 3 aromatic heterocycles. The molecule has 0 saturated carbocycles. The first-order chi connectivity index (χ1) is 9.34. The Labute approximate surface area is 114 Å². The average molecular weight is 271 g/mol. The quantitative estimate of drug-likeness (QED) is 0.737. The Kier molecular flexibility index (Phi) is 2.32. The summed E-state index contributed by atoms with van der Waals surface area (Å²) in [7, 11) is 0. The summed E-state index contributed by atoms with van der Waals surface area (Å²) >= 11 is 1.69. The van der Waals surface area contributed by atoms with Crippen molar-refractivity contribution in [2.45, 2.75) is 25.7 Å². The summed E-state index contributed by atoms with van der Waals surface area (Å²) in [6.07, 6.45) is 6.44. The van der Waals surface area contributed by atoms with Crippen molar-refractivity contribution in [3.63, 3.8) is 0 Å². The molecule has 0 radical (unpaired) electrons. The number of nitrogens with two attached hydrogens (primary N) is 1. The number of nitrogens with zero attached hydrogens (tertiary/aromatic N) is 4. The van der Waals surface area contributed by atoms with Gasteiger partial charge in [0.2, 0.25) is 0 Å². The molecule has 1 aliphatic rings. The Balaban J connectivity index is 2.00. The van der Waals surface area contributed by atoms with Gasteiger partial charge < -0.3 is 5.73 Å². The minimum atomic E-state index is 0.757. The van der Waals surface area contributed by atoms with Crippen molar-refractivity contribution in [2.24, 2.45) is 0 Å². The topological polar surface area (TPSA) is 69.1 Å². The smallest absolute Gasteiger partial charge is 0.188 e. The number of aryl methyl sites for hydroxylation is 1. The second-order valence-corrected chi connectivity index (χ2v) is 5.90. The molecule has 0 amide bonds. The van der Waals surface area contributed by atoms with Crippen LogP contribution in [0.4, 0.5) is 5.00 Å². The summed E-state index contributed by atoms with van der Waals surface area (Å²) < 4.78 is 1.77. The van der Waals surface area contributed by atoms with E-state index in [2.05, 4.69) is 15.3 Å². The van der Waals surface area contributed by atoms with Crippen LogP contribution in [-0.4, -0.2) is 19.8 Å². The van der Waals surface area contributed by atoms with Gasteiger partial charge in [0.1, 0.15) is 0 Å². The Hall–Kier alpha value is -1.95. The molecule has 0 bridgehead atoms. The maximum atomic E-state index is 6.21. The molecular weight excluding hydrogens is 258 g/mol. The van der Waals surface area contributed by atoms with E-state index in [1.165, 1.54) is 23.3 Å². The van der Waals surface area contributed by atoms with Crippen molar-refractivity contribution < 1.29 is 0 Å². The third kappa shape index (κ3) is 1.56. The van der Waals surface area contributed by atoms with Crippen LogP contribution in [0.1, 0.15) is 23.3 Å². The fraction of sp³-hybridized carbons (Fsp3) is 0.308. The van der Waals surface area contributed by atoms with Crippen molar-refractivity contribution in [3.8, 4) is 11.4 Å². The number of rotatable bonds is 1. The lowest BCUT2D eigenvalue weighted by atomic mass is 9.95. The van der Waals surface area contributed by atoms with Gasteiger partial charge in [-0.05, 0) is 43.4 Å². The Morgan fingerprint density at radius 1 is 1.21 bits per heavy atom. The van der Waals surface area contributed by atoms with Crippen LogP contribution in [0.3, 0.4) is 0 Å². The van der Waals surface area contributed by atoms with Gasteiger partial charge in [0, 0.05) is 11.1 Å². The molecule has 0 unspecified atom stereocenters. The van der Waals surface area contributed by atoms with Gasteiger partial charge in [-0.2, -0.15) is 9.61 Å². The lowest BCUT2D eigenvalue weighted by molar-refractivity contribution is 0.697. The van der Waals surface area contributed by atoms with Gasteiger partial charge in [-0.25, -0.2) is 0 Å². The molecule has 19 heavy (non-hydrogen) atoms. The van der Waals surface area contributed by atoms with E-state index in [0.29, 0.717) is 0 Å². The number of fused-ring (bicyclic) bond motifs is 2. The van der Waals surface area contributed by atoms with E-state index in [1.54, 1.807) is 22.0 Å². The number of hydrogen-bond acceptors (Lipinski definition) is 5. The molecule has 0 aromatic carbocycles. The number of nitrogen functional groups attached to an aromatic ring is 1. The van der Waals surface area contributed by atoms with Crippen molar-refractivity contribution >= 4 is 22.0 Å². The monoisotopic (exact) mass is 271 g/mol. The average Bonchev–Trinajstić information content (AvgIpc) is 2.98. The van der Waals surface area contributed by atoms with Gasteiger partial charge in [-0.3, -0.25) is 0 Å². The first kappa shape index (κ1) is 10.9. The standard InChI is InChI=1S/C13H13N5S/c14-12-11(8-4-1-2-5-9(8)19-12)13-17-16-10-6-3-7-15-18(10)13/h3,6-7H,1-2,4-5,14H2. The van der Waals surface area contributed by atoms with Gasteiger partial charge in [0.25, 0.3) is 0 Å². The molecule has 0 atom stereocenters. The van der Waals surface area contributed by atoms with Gasteiger partial charge in [0.05, 0.1) is 10.6 Å². The molecule has 5 nitrogen and oxygen atoms in total.